The van der Waals surface area contributed by atoms with Crippen molar-refractivity contribution in [2.45, 2.75) is 33.2 Å². The van der Waals surface area contributed by atoms with Gasteiger partial charge < -0.3 is 5.73 Å². The fraction of sp³-hybridized carbons (Fsp3) is 0.615. The van der Waals surface area contributed by atoms with E-state index in [-0.39, 0.29) is 0 Å². The summed E-state index contributed by atoms with van der Waals surface area (Å²) in [5, 5.41) is 0. The Morgan fingerprint density at radius 3 is 2.75 bits per heavy atom. The summed E-state index contributed by atoms with van der Waals surface area (Å²) in [6.07, 6.45) is 2.45. The van der Waals surface area contributed by atoms with Crippen molar-refractivity contribution in [3.63, 3.8) is 0 Å². The van der Waals surface area contributed by atoms with Gasteiger partial charge in [0.05, 0.1) is 5.69 Å². The molecule has 0 aliphatic carbocycles. The van der Waals surface area contributed by atoms with Gasteiger partial charge in [0.2, 0.25) is 0 Å². The largest absolute Gasteiger partial charge is 0.329 e. The van der Waals surface area contributed by atoms with E-state index in [9.17, 15) is 0 Å². The van der Waals surface area contributed by atoms with Crippen molar-refractivity contribution in [1.82, 2.24) is 9.88 Å². The molecule has 0 unspecified atom stereocenters. The molecule has 0 radical (unpaired) electrons. The minimum Gasteiger partial charge on any atom is -0.329 e. The average Bonchev–Trinajstić information content (AvgIpc) is 2.26. The number of hydrogen-bond acceptors (Lipinski definition) is 3. The van der Waals surface area contributed by atoms with Gasteiger partial charge in [0.1, 0.15) is 0 Å². The van der Waals surface area contributed by atoms with Crippen molar-refractivity contribution < 1.29 is 0 Å². The molecule has 2 N–H and O–H groups in total. The number of rotatable bonds is 7. The molecule has 0 fully saturated rings. The fourth-order valence-electron chi connectivity index (χ4n) is 1.75. The molecule has 0 spiro atoms. The molecule has 1 aromatic heterocycles. The van der Waals surface area contributed by atoms with Gasteiger partial charge >= 0.3 is 0 Å². The number of unbranched alkanes of at least 4 members (excludes halogenated alkanes) is 1. The average molecular weight is 221 g/mol. The first-order valence-electron chi connectivity index (χ1n) is 6.11. The van der Waals surface area contributed by atoms with Crippen LogP contribution >= 0.6 is 0 Å². The number of aromatic nitrogens is 1. The monoisotopic (exact) mass is 221 g/mol. The maximum absolute atomic E-state index is 5.62. The summed E-state index contributed by atoms with van der Waals surface area (Å²) < 4.78 is 0. The van der Waals surface area contributed by atoms with E-state index in [0.717, 1.165) is 37.6 Å². The molecule has 0 aromatic carbocycles. The third-order valence-corrected chi connectivity index (χ3v) is 2.60. The standard InChI is InChI=1S/C13H23N3/c1-3-4-9-16(10-8-14)11-13-7-5-6-12(2)15-13/h5-7H,3-4,8-11,14H2,1-2H3. The number of nitrogens with two attached hydrogens (primary N) is 1. The van der Waals surface area contributed by atoms with Gasteiger partial charge in [0.25, 0.3) is 0 Å². The third-order valence-electron chi connectivity index (χ3n) is 2.60. The summed E-state index contributed by atoms with van der Waals surface area (Å²) in [4.78, 5) is 6.90. The van der Waals surface area contributed by atoms with Crippen molar-refractivity contribution in [2.75, 3.05) is 19.6 Å². The summed E-state index contributed by atoms with van der Waals surface area (Å²) in [5.41, 5.74) is 7.85. The normalized spacial score (nSPS) is 11.0. The van der Waals surface area contributed by atoms with Crippen molar-refractivity contribution in [3.05, 3.63) is 29.6 Å². The van der Waals surface area contributed by atoms with Crippen LogP contribution in [0.4, 0.5) is 0 Å². The topological polar surface area (TPSA) is 42.1 Å². The SMILES string of the molecule is CCCCN(CCN)Cc1cccc(C)n1. The minimum absolute atomic E-state index is 0.718. The first-order chi connectivity index (χ1) is 7.76. The van der Waals surface area contributed by atoms with Crippen molar-refractivity contribution in [3.8, 4) is 0 Å². The van der Waals surface area contributed by atoms with Gasteiger partial charge in [-0.1, -0.05) is 19.4 Å². The molecule has 0 aliphatic rings. The lowest BCUT2D eigenvalue weighted by molar-refractivity contribution is 0.265. The molecule has 0 atom stereocenters. The fourth-order valence-corrected chi connectivity index (χ4v) is 1.75. The Labute approximate surface area is 98.7 Å². The number of aryl methyl sites for hydroxylation is 1. The molecule has 0 amide bonds. The van der Waals surface area contributed by atoms with E-state index in [1.165, 1.54) is 12.8 Å². The Bertz CT molecular complexity index is 299. The highest BCUT2D eigenvalue weighted by molar-refractivity contribution is 5.09. The van der Waals surface area contributed by atoms with Crippen LogP contribution in [0, 0.1) is 6.92 Å². The van der Waals surface area contributed by atoms with Crippen molar-refractivity contribution >= 4 is 0 Å². The van der Waals surface area contributed by atoms with Crippen LogP contribution in [0.2, 0.25) is 0 Å². The molecule has 0 saturated carbocycles. The van der Waals surface area contributed by atoms with Crippen LogP contribution in [0.5, 0.6) is 0 Å². The second-order valence-electron chi connectivity index (χ2n) is 4.19. The Hall–Kier alpha value is -0.930. The molecule has 90 valence electrons. The van der Waals surface area contributed by atoms with E-state index in [2.05, 4.69) is 28.9 Å². The predicted molar refractivity (Wildman–Crippen MR) is 68.2 cm³/mol. The van der Waals surface area contributed by atoms with E-state index in [1.54, 1.807) is 0 Å². The van der Waals surface area contributed by atoms with Gasteiger partial charge in [-0.3, -0.25) is 9.88 Å². The van der Waals surface area contributed by atoms with Crippen LogP contribution in [-0.2, 0) is 6.54 Å². The lowest BCUT2D eigenvalue weighted by Gasteiger charge is -2.20. The summed E-state index contributed by atoms with van der Waals surface area (Å²) >= 11 is 0. The quantitative estimate of drug-likeness (QED) is 0.765. The molecule has 1 heterocycles. The third kappa shape index (κ3) is 4.73. The van der Waals surface area contributed by atoms with Crippen LogP contribution < -0.4 is 5.73 Å². The van der Waals surface area contributed by atoms with E-state index in [1.807, 2.05) is 13.0 Å². The highest BCUT2D eigenvalue weighted by atomic mass is 15.1. The minimum atomic E-state index is 0.718. The molecule has 1 aromatic rings. The van der Waals surface area contributed by atoms with Gasteiger partial charge in [-0.2, -0.15) is 0 Å². The Balaban J connectivity index is 2.52. The maximum Gasteiger partial charge on any atom is 0.0547 e. The molecule has 0 saturated heterocycles. The Morgan fingerprint density at radius 1 is 1.31 bits per heavy atom. The summed E-state index contributed by atoms with van der Waals surface area (Å²) in [5.74, 6) is 0. The molecular formula is C13H23N3. The van der Waals surface area contributed by atoms with Crippen molar-refractivity contribution in [2.24, 2.45) is 5.73 Å². The molecular weight excluding hydrogens is 198 g/mol. The summed E-state index contributed by atoms with van der Waals surface area (Å²) in [7, 11) is 0. The van der Waals surface area contributed by atoms with E-state index < -0.39 is 0 Å². The lowest BCUT2D eigenvalue weighted by Crippen LogP contribution is -2.30. The number of nitrogens with zero attached hydrogens (tertiary/aromatic N) is 2. The molecule has 0 bridgehead atoms. The summed E-state index contributed by atoms with van der Waals surface area (Å²) in [6.45, 7) is 7.95. The van der Waals surface area contributed by atoms with Gasteiger partial charge in [0.15, 0.2) is 0 Å². The zero-order valence-electron chi connectivity index (χ0n) is 10.4. The van der Waals surface area contributed by atoms with Crippen LogP contribution in [0.1, 0.15) is 31.2 Å². The lowest BCUT2D eigenvalue weighted by atomic mass is 10.2. The molecule has 0 aliphatic heterocycles. The van der Waals surface area contributed by atoms with E-state index in [0.29, 0.717) is 0 Å². The van der Waals surface area contributed by atoms with Crippen LogP contribution in [-0.4, -0.2) is 29.5 Å². The number of hydrogen-bond donors (Lipinski definition) is 1. The Kier molecular flexibility index (Phi) is 6.04. The van der Waals surface area contributed by atoms with Crippen molar-refractivity contribution in [1.29, 1.82) is 0 Å². The molecule has 3 nitrogen and oxygen atoms in total. The highest BCUT2D eigenvalue weighted by Gasteiger charge is 2.05. The van der Waals surface area contributed by atoms with Crippen LogP contribution in [0.15, 0.2) is 18.2 Å². The van der Waals surface area contributed by atoms with Gasteiger partial charge in [-0.15, -0.1) is 0 Å². The summed E-state index contributed by atoms with van der Waals surface area (Å²) in [6, 6.07) is 6.18. The molecule has 16 heavy (non-hydrogen) atoms. The highest BCUT2D eigenvalue weighted by Crippen LogP contribution is 2.04. The smallest absolute Gasteiger partial charge is 0.0547 e. The van der Waals surface area contributed by atoms with Crippen LogP contribution in [0.3, 0.4) is 0 Å². The zero-order valence-corrected chi connectivity index (χ0v) is 10.4. The first-order valence-corrected chi connectivity index (χ1v) is 6.11. The van der Waals surface area contributed by atoms with Gasteiger partial charge in [-0.25, -0.2) is 0 Å². The second-order valence-corrected chi connectivity index (χ2v) is 4.19. The zero-order chi connectivity index (χ0) is 11.8. The first kappa shape index (κ1) is 13.1. The molecule has 1 rings (SSSR count). The molecule has 3 heteroatoms. The Morgan fingerprint density at radius 2 is 2.12 bits per heavy atom. The van der Waals surface area contributed by atoms with Gasteiger partial charge in [-0.05, 0) is 32.0 Å². The van der Waals surface area contributed by atoms with Gasteiger partial charge in [0, 0.05) is 25.3 Å². The maximum atomic E-state index is 5.62. The second kappa shape index (κ2) is 7.36. The van der Waals surface area contributed by atoms with E-state index in [4.69, 9.17) is 5.73 Å². The van der Waals surface area contributed by atoms with E-state index >= 15 is 0 Å². The number of pyridine rings is 1. The predicted octanol–water partition coefficient (Wildman–Crippen LogP) is 1.95. The van der Waals surface area contributed by atoms with Crippen LogP contribution in [0.25, 0.3) is 0 Å².